The smallest absolute Gasteiger partial charge is 0.264 e. The number of aromatic nitrogens is 1. The van der Waals surface area contributed by atoms with Gasteiger partial charge in [0, 0.05) is 24.3 Å². The highest BCUT2D eigenvalue weighted by Gasteiger charge is 2.02. The maximum atomic E-state index is 11.7. The molecule has 0 amide bonds. The first kappa shape index (κ1) is 13.9. The van der Waals surface area contributed by atoms with Gasteiger partial charge in [0.25, 0.3) is 5.56 Å². The van der Waals surface area contributed by atoms with Crippen LogP contribution in [0.1, 0.15) is 0 Å². The van der Waals surface area contributed by atoms with Gasteiger partial charge in [-0.3, -0.25) is 4.79 Å². The molecule has 6 heteroatoms. The lowest BCUT2D eigenvalue weighted by molar-refractivity contribution is 0.0662. The average Bonchev–Trinajstić information content (AvgIpc) is 2.24. The molecule has 16 heavy (non-hydrogen) atoms. The highest BCUT2D eigenvalue weighted by molar-refractivity contribution is 9.11. The summed E-state index contributed by atoms with van der Waals surface area (Å²) in [5.74, 6) is 0. The third-order valence-corrected chi connectivity index (χ3v) is 2.92. The molecule has 0 radical (unpaired) electrons. The number of rotatable bonds is 6. The Labute approximate surface area is 111 Å². The van der Waals surface area contributed by atoms with E-state index in [9.17, 15) is 4.79 Å². The van der Waals surface area contributed by atoms with E-state index in [0.717, 1.165) is 4.47 Å². The molecule has 0 aliphatic rings. The van der Waals surface area contributed by atoms with E-state index in [1.165, 1.54) is 0 Å². The lowest BCUT2D eigenvalue weighted by Gasteiger charge is -2.07. The molecule has 0 bridgehead atoms. The zero-order valence-corrected chi connectivity index (χ0v) is 12.1. The van der Waals surface area contributed by atoms with Crippen LogP contribution in [0.2, 0.25) is 0 Å². The van der Waals surface area contributed by atoms with E-state index in [2.05, 4.69) is 31.9 Å². The first-order valence-electron chi connectivity index (χ1n) is 4.77. The summed E-state index contributed by atoms with van der Waals surface area (Å²) in [6, 6.07) is 1.73. The van der Waals surface area contributed by atoms with Crippen molar-refractivity contribution in [2.75, 3.05) is 26.9 Å². The Morgan fingerprint density at radius 3 is 2.75 bits per heavy atom. The number of nitrogens with zero attached hydrogens (tertiary/aromatic N) is 1. The van der Waals surface area contributed by atoms with Crippen LogP contribution in [0.25, 0.3) is 0 Å². The largest absolute Gasteiger partial charge is 0.382 e. The summed E-state index contributed by atoms with van der Waals surface area (Å²) >= 11 is 6.54. The monoisotopic (exact) mass is 353 g/mol. The van der Waals surface area contributed by atoms with Gasteiger partial charge in [-0.2, -0.15) is 0 Å². The van der Waals surface area contributed by atoms with Gasteiger partial charge in [0.15, 0.2) is 0 Å². The van der Waals surface area contributed by atoms with Crippen LogP contribution in [-0.2, 0) is 16.0 Å². The van der Waals surface area contributed by atoms with E-state index in [-0.39, 0.29) is 5.56 Å². The molecule has 0 aliphatic heterocycles. The number of hydrogen-bond donors (Lipinski definition) is 0. The molecule has 4 nitrogen and oxygen atoms in total. The minimum atomic E-state index is -0.0569. The van der Waals surface area contributed by atoms with Crippen molar-refractivity contribution in [1.29, 1.82) is 0 Å². The molecule has 1 aromatic rings. The highest BCUT2D eigenvalue weighted by atomic mass is 79.9. The summed E-state index contributed by atoms with van der Waals surface area (Å²) in [7, 11) is 1.62. The lowest BCUT2D eigenvalue weighted by atomic mass is 10.4. The van der Waals surface area contributed by atoms with E-state index in [4.69, 9.17) is 9.47 Å². The third kappa shape index (κ3) is 4.37. The quantitative estimate of drug-likeness (QED) is 0.734. The maximum absolute atomic E-state index is 11.7. The van der Waals surface area contributed by atoms with Crippen LogP contribution in [-0.4, -0.2) is 31.5 Å². The van der Waals surface area contributed by atoms with Gasteiger partial charge in [-0.1, -0.05) is 0 Å². The zero-order chi connectivity index (χ0) is 12.0. The predicted octanol–water partition coefficient (Wildman–Crippen LogP) is 2.04. The highest BCUT2D eigenvalue weighted by Crippen LogP contribution is 2.12. The van der Waals surface area contributed by atoms with Crippen LogP contribution < -0.4 is 5.56 Å². The number of pyridine rings is 1. The first-order chi connectivity index (χ1) is 7.65. The predicted molar refractivity (Wildman–Crippen MR) is 68.8 cm³/mol. The molecule has 0 spiro atoms. The number of hydrogen-bond acceptors (Lipinski definition) is 3. The van der Waals surface area contributed by atoms with Gasteiger partial charge in [-0.15, -0.1) is 0 Å². The molecule has 1 heterocycles. The van der Waals surface area contributed by atoms with Gasteiger partial charge in [-0.25, -0.2) is 0 Å². The summed E-state index contributed by atoms with van der Waals surface area (Å²) in [5, 5.41) is 0. The molecular weight excluding hydrogens is 342 g/mol. The Morgan fingerprint density at radius 1 is 1.31 bits per heavy atom. The van der Waals surface area contributed by atoms with Crippen molar-refractivity contribution in [3.05, 3.63) is 31.6 Å². The Bertz CT molecular complexity index is 392. The molecule has 0 saturated heterocycles. The summed E-state index contributed by atoms with van der Waals surface area (Å²) in [6.45, 7) is 2.13. The fraction of sp³-hybridized carbons (Fsp3) is 0.500. The van der Waals surface area contributed by atoms with Gasteiger partial charge in [0.2, 0.25) is 0 Å². The molecule has 0 aliphatic carbocycles. The van der Waals surface area contributed by atoms with Crippen molar-refractivity contribution >= 4 is 31.9 Å². The summed E-state index contributed by atoms with van der Waals surface area (Å²) in [6.07, 6.45) is 1.74. The second-order valence-corrected chi connectivity index (χ2v) is 4.88. The molecule has 0 fully saturated rings. The van der Waals surface area contributed by atoms with Crippen LogP contribution in [0, 0.1) is 0 Å². The van der Waals surface area contributed by atoms with E-state index in [0.29, 0.717) is 30.8 Å². The Kier molecular flexibility index (Phi) is 6.26. The van der Waals surface area contributed by atoms with E-state index in [1.807, 2.05) is 0 Å². The Balaban J connectivity index is 2.51. The fourth-order valence-corrected chi connectivity index (χ4v) is 2.40. The minimum absolute atomic E-state index is 0.0569. The van der Waals surface area contributed by atoms with Gasteiger partial charge in [-0.05, 0) is 37.9 Å². The van der Waals surface area contributed by atoms with Crippen molar-refractivity contribution in [3.63, 3.8) is 0 Å². The fourth-order valence-electron chi connectivity index (χ4n) is 1.14. The second-order valence-electron chi connectivity index (χ2n) is 3.11. The summed E-state index contributed by atoms with van der Waals surface area (Å²) in [5.41, 5.74) is -0.0569. The number of ether oxygens (including phenoxy) is 2. The van der Waals surface area contributed by atoms with Crippen LogP contribution in [0.3, 0.4) is 0 Å². The van der Waals surface area contributed by atoms with Crippen LogP contribution in [0.15, 0.2) is 26.0 Å². The standard InChI is InChI=1S/C10H13Br2NO3/c1-15-4-5-16-3-2-13-7-8(11)6-9(12)10(13)14/h6-7H,2-5H2,1H3. The van der Waals surface area contributed by atoms with Crippen molar-refractivity contribution in [2.45, 2.75) is 6.54 Å². The van der Waals surface area contributed by atoms with Crippen molar-refractivity contribution in [3.8, 4) is 0 Å². The molecular formula is C10H13Br2NO3. The normalized spacial score (nSPS) is 10.7. The van der Waals surface area contributed by atoms with Gasteiger partial charge in [0.1, 0.15) is 0 Å². The van der Waals surface area contributed by atoms with Gasteiger partial charge >= 0.3 is 0 Å². The van der Waals surface area contributed by atoms with Gasteiger partial charge < -0.3 is 14.0 Å². The molecule has 0 atom stereocenters. The number of halogens is 2. The Hall–Kier alpha value is -0.170. The van der Waals surface area contributed by atoms with Crippen molar-refractivity contribution < 1.29 is 9.47 Å². The molecule has 0 saturated carbocycles. The topological polar surface area (TPSA) is 40.5 Å². The molecule has 1 aromatic heterocycles. The SMILES string of the molecule is COCCOCCn1cc(Br)cc(Br)c1=O. The first-order valence-corrected chi connectivity index (χ1v) is 6.36. The third-order valence-electron chi connectivity index (χ3n) is 1.92. The van der Waals surface area contributed by atoms with E-state index in [1.54, 1.807) is 23.9 Å². The van der Waals surface area contributed by atoms with Crippen LogP contribution >= 0.6 is 31.9 Å². The van der Waals surface area contributed by atoms with Gasteiger partial charge in [0.05, 0.1) is 24.3 Å². The Morgan fingerprint density at radius 2 is 2.06 bits per heavy atom. The average molecular weight is 355 g/mol. The summed E-state index contributed by atoms with van der Waals surface area (Å²) in [4.78, 5) is 11.7. The molecule has 90 valence electrons. The van der Waals surface area contributed by atoms with Crippen molar-refractivity contribution in [1.82, 2.24) is 4.57 Å². The summed E-state index contributed by atoms with van der Waals surface area (Å²) < 4.78 is 13.1. The molecule has 0 aromatic carbocycles. The minimum Gasteiger partial charge on any atom is -0.382 e. The van der Waals surface area contributed by atoms with E-state index >= 15 is 0 Å². The van der Waals surface area contributed by atoms with Crippen LogP contribution in [0.4, 0.5) is 0 Å². The maximum Gasteiger partial charge on any atom is 0.264 e. The van der Waals surface area contributed by atoms with Crippen molar-refractivity contribution in [2.24, 2.45) is 0 Å². The molecule has 1 rings (SSSR count). The molecule has 0 N–H and O–H groups in total. The zero-order valence-electron chi connectivity index (χ0n) is 8.91. The number of methoxy groups -OCH3 is 1. The van der Waals surface area contributed by atoms with Crippen LogP contribution in [0.5, 0.6) is 0 Å². The second kappa shape index (κ2) is 7.21. The van der Waals surface area contributed by atoms with E-state index < -0.39 is 0 Å². The lowest BCUT2D eigenvalue weighted by Crippen LogP contribution is -2.22. The molecule has 0 unspecified atom stereocenters.